The quantitative estimate of drug-likeness (QED) is 0.690. The first-order valence-corrected chi connectivity index (χ1v) is 10.4. The highest BCUT2D eigenvalue weighted by atomic mass is 35.5. The van der Waals surface area contributed by atoms with Crippen LogP contribution in [-0.4, -0.2) is 21.6 Å². The molecule has 0 atom stereocenters. The Morgan fingerprint density at radius 2 is 1.81 bits per heavy atom. The molecule has 2 aromatic rings. The van der Waals surface area contributed by atoms with Gasteiger partial charge in [0.05, 0.1) is 19.0 Å². The van der Waals surface area contributed by atoms with E-state index < -0.39 is 10.0 Å². The third-order valence-electron chi connectivity index (χ3n) is 3.45. The van der Waals surface area contributed by atoms with Crippen molar-refractivity contribution in [1.29, 1.82) is 0 Å². The van der Waals surface area contributed by atoms with Gasteiger partial charge in [0.25, 0.3) is 0 Å². The van der Waals surface area contributed by atoms with Gasteiger partial charge in [-0.3, -0.25) is 0 Å². The fraction of sp³-hybridized carbons (Fsp3) is 0.333. The Balaban J connectivity index is 2.07. The number of halogens is 2. The average molecular weight is 418 g/mol. The minimum atomic E-state index is -3.57. The van der Waals surface area contributed by atoms with Crippen LogP contribution in [0.4, 0.5) is 0 Å². The molecular formula is C18H21Cl2NO4S. The number of benzene rings is 2. The van der Waals surface area contributed by atoms with Crippen molar-refractivity contribution in [1.82, 2.24) is 4.72 Å². The predicted octanol–water partition coefficient (Wildman–Crippen LogP) is 4.41. The van der Waals surface area contributed by atoms with E-state index in [0.717, 1.165) is 5.56 Å². The predicted molar refractivity (Wildman–Crippen MR) is 105 cm³/mol. The molecule has 2 aromatic carbocycles. The third kappa shape index (κ3) is 6.06. The molecule has 8 heteroatoms. The Hall–Kier alpha value is -1.47. The minimum Gasteiger partial charge on any atom is -0.493 e. The summed E-state index contributed by atoms with van der Waals surface area (Å²) in [6.07, 6.45) is 0.0115. The first kappa shape index (κ1) is 20.8. The van der Waals surface area contributed by atoms with Gasteiger partial charge in [-0.15, -0.1) is 0 Å². The van der Waals surface area contributed by atoms with E-state index >= 15 is 0 Å². The van der Waals surface area contributed by atoms with Gasteiger partial charge in [0.15, 0.2) is 11.5 Å². The zero-order valence-corrected chi connectivity index (χ0v) is 17.1. The molecule has 5 nitrogen and oxygen atoms in total. The Morgan fingerprint density at radius 3 is 2.42 bits per heavy atom. The third-order valence-corrected chi connectivity index (χ3v) is 5.31. The van der Waals surface area contributed by atoms with E-state index in [0.29, 0.717) is 27.1 Å². The molecule has 142 valence electrons. The number of sulfonamides is 1. The van der Waals surface area contributed by atoms with Crippen LogP contribution in [-0.2, 0) is 22.3 Å². The molecule has 26 heavy (non-hydrogen) atoms. The summed E-state index contributed by atoms with van der Waals surface area (Å²) in [6.45, 7) is 3.97. The van der Waals surface area contributed by atoms with Crippen molar-refractivity contribution in [2.75, 3.05) is 7.11 Å². The number of rotatable bonds is 8. The summed E-state index contributed by atoms with van der Waals surface area (Å²) in [5, 5.41) is 0.777. The molecule has 0 heterocycles. The number of nitrogens with one attached hydrogen (secondary N) is 1. The summed E-state index contributed by atoms with van der Waals surface area (Å²) in [4.78, 5) is 0. The SMILES string of the molecule is COc1cc(CNS(=O)(=O)Cc2ccc(Cl)cc2Cl)ccc1OC(C)C. The Kier molecular flexibility index (Phi) is 7.17. The van der Waals surface area contributed by atoms with Crippen molar-refractivity contribution in [3.05, 3.63) is 57.6 Å². The van der Waals surface area contributed by atoms with Gasteiger partial charge in [0, 0.05) is 16.6 Å². The Bertz CT molecular complexity index is 869. The number of ether oxygens (including phenoxy) is 2. The topological polar surface area (TPSA) is 64.6 Å². The maximum Gasteiger partial charge on any atom is 0.216 e. The normalized spacial score (nSPS) is 11.6. The van der Waals surface area contributed by atoms with Gasteiger partial charge in [0.2, 0.25) is 10.0 Å². The van der Waals surface area contributed by atoms with Crippen molar-refractivity contribution < 1.29 is 17.9 Å². The van der Waals surface area contributed by atoms with Crippen LogP contribution in [0.15, 0.2) is 36.4 Å². The molecule has 0 amide bonds. The summed E-state index contributed by atoms with van der Waals surface area (Å²) >= 11 is 11.9. The summed E-state index contributed by atoms with van der Waals surface area (Å²) in [5.41, 5.74) is 1.24. The summed E-state index contributed by atoms with van der Waals surface area (Å²) in [5.74, 6) is 0.937. The van der Waals surface area contributed by atoms with Crippen molar-refractivity contribution in [3.8, 4) is 11.5 Å². The Morgan fingerprint density at radius 1 is 1.08 bits per heavy atom. The molecule has 0 aliphatic rings. The van der Waals surface area contributed by atoms with Gasteiger partial charge >= 0.3 is 0 Å². The first-order chi connectivity index (χ1) is 12.2. The molecule has 0 bridgehead atoms. The van der Waals surface area contributed by atoms with Crippen molar-refractivity contribution in [2.24, 2.45) is 0 Å². The highest BCUT2D eigenvalue weighted by Gasteiger charge is 2.15. The average Bonchev–Trinajstić information content (AvgIpc) is 2.56. The van der Waals surface area contributed by atoms with E-state index in [1.165, 1.54) is 6.07 Å². The summed E-state index contributed by atoms with van der Waals surface area (Å²) in [7, 11) is -2.03. The van der Waals surface area contributed by atoms with Crippen molar-refractivity contribution in [2.45, 2.75) is 32.2 Å². The highest BCUT2D eigenvalue weighted by molar-refractivity contribution is 7.88. The van der Waals surface area contributed by atoms with E-state index in [1.807, 2.05) is 13.8 Å². The van der Waals surface area contributed by atoms with Crippen LogP contribution < -0.4 is 14.2 Å². The lowest BCUT2D eigenvalue weighted by Crippen LogP contribution is -2.24. The standard InChI is InChI=1S/C18H21Cl2NO4S/c1-12(2)25-17-7-4-13(8-18(17)24-3)10-21-26(22,23)11-14-5-6-15(19)9-16(14)20/h4-9,12,21H,10-11H2,1-3H3. The fourth-order valence-electron chi connectivity index (χ4n) is 2.26. The fourth-order valence-corrected chi connectivity index (χ4v) is 3.97. The zero-order valence-electron chi connectivity index (χ0n) is 14.8. The molecule has 0 aliphatic carbocycles. The molecule has 0 saturated heterocycles. The molecule has 0 saturated carbocycles. The molecular weight excluding hydrogens is 397 g/mol. The van der Waals surface area contributed by atoms with E-state index in [4.69, 9.17) is 32.7 Å². The van der Waals surface area contributed by atoms with Crippen molar-refractivity contribution >= 4 is 33.2 Å². The maximum absolute atomic E-state index is 12.3. The van der Waals surface area contributed by atoms with Crippen LogP contribution in [0.25, 0.3) is 0 Å². The molecule has 0 fully saturated rings. The van der Waals surface area contributed by atoms with E-state index in [2.05, 4.69) is 4.72 Å². The minimum absolute atomic E-state index is 0.0115. The summed E-state index contributed by atoms with van der Waals surface area (Å²) in [6, 6.07) is 10.0. The molecule has 0 spiro atoms. The van der Waals surface area contributed by atoms with Gasteiger partial charge in [0.1, 0.15) is 0 Å². The molecule has 1 N–H and O–H groups in total. The molecule has 0 aliphatic heterocycles. The van der Waals surface area contributed by atoms with Gasteiger partial charge in [-0.2, -0.15) is 0 Å². The Labute approximate surface area is 164 Å². The zero-order chi connectivity index (χ0) is 19.3. The largest absolute Gasteiger partial charge is 0.493 e. The van der Waals surface area contributed by atoms with Crippen LogP contribution in [0.2, 0.25) is 10.0 Å². The monoisotopic (exact) mass is 417 g/mol. The lowest BCUT2D eigenvalue weighted by Gasteiger charge is -2.15. The van der Waals surface area contributed by atoms with Crippen LogP contribution in [0.1, 0.15) is 25.0 Å². The first-order valence-electron chi connectivity index (χ1n) is 7.95. The second-order valence-electron chi connectivity index (χ2n) is 5.97. The number of hydrogen-bond donors (Lipinski definition) is 1. The molecule has 0 aromatic heterocycles. The lowest BCUT2D eigenvalue weighted by atomic mass is 10.2. The van der Waals surface area contributed by atoms with Gasteiger partial charge in [-0.25, -0.2) is 13.1 Å². The maximum atomic E-state index is 12.3. The van der Waals surface area contributed by atoms with Crippen LogP contribution in [0.5, 0.6) is 11.5 Å². The number of methoxy groups -OCH3 is 1. The number of hydrogen-bond acceptors (Lipinski definition) is 4. The van der Waals surface area contributed by atoms with Crippen LogP contribution >= 0.6 is 23.2 Å². The second kappa shape index (κ2) is 8.95. The van der Waals surface area contributed by atoms with Gasteiger partial charge < -0.3 is 9.47 Å². The van der Waals surface area contributed by atoms with E-state index in [-0.39, 0.29) is 18.4 Å². The smallest absolute Gasteiger partial charge is 0.216 e. The second-order valence-corrected chi connectivity index (χ2v) is 8.62. The van der Waals surface area contributed by atoms with Crippen LogP contribution in [0, 0.1) is 0 Å². The lowest BCUT2D eigenvalue weighted by molar-refractivity contribution is 0.230. The van der Waals surface area contributed by atoms with E-state index in [9.17, 15) is 8.42 Å². The molecule has 0 radical (unpaired) electrons. The molecule has 0 unspecified atom stereocenters. The van der Waals surface area contributed by atoms with Crippen LogP contribution in [0.3, 0.4) is 0 Å². The molecule has 2 rings (SSSR count). The summed E-state index contributed by atoms with van der Waals surface area (Å²) < 4.78 is 38.2. The van der Waals surface area contributed by atoms with Gasteiger partial charge in [-0.05, 0) is 49.2 Å². The van der Waals surface area contributed by atoms with Crippen molar-refractivity contribution in [3.63, 3.8) is 0 Å². The van der Waals surface area contributed by atoms with Gasteiger partial charge in [-0.1, -0.05) is 35.3 Å². The highest BCUT2D eigenvalue weighted by Crippen LogP contribution is 2.29. The van der Waals surface area contributed by atoms with E-state index in [1.54, 1.807) is 37.4 Å².